The first kappa shape index (κ1) is 18.5. The van der Waals surface area contributed by atoms with E-state index in [0.717, 1.165) is 10.5 Å². The Bertz CT molecular complexity index is 762. The first-order valence-corrected chi connectivity index (χ1v) is 8.27. The van der Waals surface area contributed by atoms with Gasteiger partial charge in [-0.25, -0.2) is 0 Å². The maximum Gasteiger partial charge on any atom is 0.279 e. The highest BCUT2D eigenvalue weighted by Gasteiger charge is 2.13. The van der Waals surface area contributed by atoms with Crippen LogP contribution >= 0.6 is 23.2 Å². The van der Waals surface area contributed by atoms with Crippen molar-refractivity contribution in [1.29, 1.82) is 0 Å². The fourth-order valence-electron chi connectivity index (χ4n) is 2.35. The Kier molecular flexibility index (Phi) is 6.37. The van der Waals surface area contributed by atoms with E-state index < -0.39 is 0 Å². The first-order chi connectivity index (χ1) is 11.3. The van der Waals surface area contributed by atoms with Gasteiger partial charge in [0.05, 0.1) is 12.1 Å². The molecule has 2 aromatic rings. The molecule has 0 bridgehead atoms. The van der Waals surface area contributed by atoms with E-state index in [1.165, 1.54) is 6.92 Å². The van der Waals surface area contributed by atoms with Crippen LogP contribution in [0.25, 0.3) is 0 Å². The zero-order valence-corrected chi connectivity index (χ0v) is 15.0. The van der Waals surface area contributed by atoms with Crippen LogP contribution in [0, 0.1) is 0 Å². The van der Waals surface area contributed by atoms with Gasteiger partial charge < -0.3 is 10.2 Å². The van der Waals surface area contributed by atoms with Crippen molar-refractivity contribution >= 4 is 40.6 Å². The minimum absolute atomic E-state index is 0.0359. The largest absolute Gasteiger partial charge is 0.326 e. The Hall–Kier alpha value is -1.88. The number of Topliss-reactive ketones (excluding diaryl/α,β-unsaturated/α-hetero) is 1. The first-order valence-electron chi connectivity index (χ1n) is 7.51. The standard InChI is InChI=1S/C18H18Cl2N2O2/c1-12(23)13-4-3-5-16(8-13)21-18(24)11-22(2)10-14-6-7-15(19)9-17(14)20/h3-9H,10-11H2,1-2H3,(H,21,24)/p+1. The third-order valence-corrected chi connectivity index (χ3v) is 4.11. The van der Waals surface area contributed by atoms with E-state index in [1.807, 2.05) is 13.1 Å². The number of carbonyl (C=O) groups excluding carboxylic acids is 2. The Morgan fingerprint density at radius 2 is 1.88 bits per heavy atom. The lowest BCUT2D eigenvalue weighted by molar-refractivity contribution is -0.885. The van der Waals surface area contributed by atoms with Crippen molar-refractivity contribution in [3.05, 3.63) is 63.6 Å². The predicted molar refractivity (Wildman–Crippen MR) is 97.0 cm³/mol. The fraction of sp³-hybridized carbons (Fsp3) is 0.222. The van der Waals surface area contributed by atoms with Crippen LogP contribution in [0.2, 0.25) is 10.0 Å². The average Bonchev–Trinajstić information content (AvgIpc) is 2.50. The number of carbonyl (C=O) groups is 2. The van der Waals surface area contributed by atoms with Gasteiger partial charge in [0.2, 0.25) is 0 Å². The molecule has 0 aromatic heterocycles. The lowest BCUT2D eigenvalue weighted by atomic mass is 10.1. The molecule has 24 heavy (non-hydrogen) atoms. The second-order valence-electron chi connectivity index (χ2n) is 5.73. The van der Waals surface area contributed by atoms with E-state index in [2.05, 4.69) is 5.32 Å². The minimum Gasteiger partial charge on any atom is -0.326 e. The maximum absolute atomic E-state index is 12.2. The van der Waals surface area contributed by atoms with E-state index in [-0.39, 0.29) is 18.2 Å². The normalized spacial score (nSPS) is 11.8. The monoisotopic (exact) mass is 365 g/mol. The van der Waals surface area contributed by atoms with E-state index in [9.17, 15) is 9.59 Å². The second kappa shape index (κ2) is 8.29. The molecule has 1 unspecified atom stereocenters. The lowest BCUT2D eigenvalue weighted by Gasteiger charge is -2.15. The zero-order valence-electron chi connectivity index (χ0n) is 13.5. The number of anilines is 1. The van der Waals surface area contributed by atoms with Crippen molar-refractivity contribution < 1.29 is 14.5 Å². The molecule has 0 saturated heterocycles. The molecule has 0 aliphatic heterocycles. The quantitative estimate of drug-likeness (QED) is 0.773. The van der Waals surface area contributed by atoms with Gasteiger partial charge in [-0.2, -0.15) is 0 Å². The van der Waals surface area contributed by atoms with Gasteiger partial charge in [0.25, 0.3) is 5.91 Å². The van der Waals surface area contributed by atoms with Crippen LogP contribution in [0.15, 0.2) is 42.5 Å². The molecule has 1 atom stereocenters. The molecule has 0 radical (unpaired) electrons. The SMILES string of the molecule is CC(=O)c1cccc(NC(=O)C[NH+](C)Cc2ccc(Cl)cc2Cl)c1. The molecule has 0 heterocycles. The second-order valence-corrected chi connectivity index (χ2v) is 6.58. The summed E-state index contributed by atoms with van der Waals surface area (Å²) in [7, 11) is 1.91. The number of rotatable bonds is 6. The number of halogens is 2. The molecule has 0 aliphatic rings. The summed E-state index contributed by atoms with van der Waals surface area (Å²) in [5.74, 6) is -0.162. The summed E-state index contributed by atoms with van der Waals surface area (Å²) in [6, 6.07) is 12.2. The summed E-state index contributed by atoms with van der Waals surface area (Å²) >= 11 is 12.0. The number of quaternary nitrogens is 1. The highest BCUT2D eigenvalue weighted by Crippen LogP contribution is 2.20. The molecule has 0 saturated carbocycles. The van der Waals surface area contributed by atoms with E-state index in [0.29, 0.717) is 27.8 Å². The van der Waals surface area contributed by atoms with Crippen molar-refractivity contribution in [1.82, 2.24) is 0 Å². The van der Waals surface area contributed by atoms with Crippen molar-refractivity contribution in [2.24, 2.45) is 0 Å². The van der Waals surface area contributed by atoms with Crippen LogP contribution in [-0.4, -0.2) is 25.3 Å². The highest BCUT2D eigenvalue weighted by atomic mass is 35.5. The van der Waals surface area contributed by atoms with Gasteiger partial charge in [0, 0.05) is 21.8 Å². The molecule has 2 aromatic carbocycles. The molecule has 2 rings (SSSR count). The minimum atomic E-state index is -0.127. The molecule has 0 fully saturated rings. The molecule has 1 amide bonds. The van der Waals surface area contributed by atoms with Gasteiger partial charge >= 0.3 is 0 Å². The number of ketones is 1. The summed E-state index contributed by atoms with van der Waals surface area (Å²) in [6.07, 6.45) is 0. The number of benzene rings is 2. The number of amides is 1. The van der Waals surface area contributed by atoms with Crippen LogP contribution < -0.4 is 10.2 Å². The highest BCUT2D eigenvalue weighted by molar-refractivity contribution is 6.35. The van der Waals surface area contributed by atoms with E-state index in [4.69, 9.17) is 23.2 Å². The molecule has 0 aliphatic carbocycles. The fourth-order valence-corrected chi connectivity index (χ4v) is 2.82. The van der Waals surface area contributed by atoms with Crippen LogP contribution in [0.5, 0.6) is 0 Å². The number of hydrogen-bond acceptors (Lipinski definition) is 2. The van der Waals surface area contributed by atoms with Crippen LogP contribution in [0.3, 0.4) is 0 Å². The maximum atomic E-state index is 12.2. The van der Waals surface area contributed by atoms with E-state index >= 15 is 0 Å². The van der Waals surface area contributed by atoms with Crippen LogP contribution in [0.1, 0.15) is 22.8 Å². The predicted octanol–water partition coefficient (Wildman–Crippen LogP) is 2.85. The van der Waals surface area contributed by atoms with Gasteiger partial charge in [0.1, 0.15) is 6.54 Å². The lowest BCUT2D eigenvalue weighted by Crippen LogP contribution is -3.08. The zero-order chi connectivity index (χ0) is 17.7. The molecular formula is C18H19Cl2N2O2+. The van der Waals surface area contributed by atoms with Crippen LogP contribution in [-0.2, 0) is 11.3 Å². The van der Waals surface area contributed by atoms with Gasteiger partial charge in [-0.05, 0) is 31.2 Å². The van der Waals surface area contributed by atoms with Gasteiger partial charge in [-0.1, -0.05) is 41.4 Å². The van der Waals surface area contributed by atoms with Crippen molar-refractivity contribution in [3.8, 4) is 0 Å². The topological polar surface area (TPSA) is 50.6 Å². The third-order valence-electron chi connectivity index (χ3n) is 3.52. The average molecular weight is 366 g/mol. The summed E-state index contributed by atoms with van der Waals surface area (Å²) in [6.45, 7) is 2.38. The smallest absolute Gasteiger partial charge is 0.279 e. The third kappa shape index (κ3) is 5.34. The summed E-state index contributed by atoms with van der Waals surface area (Å²) in [4.78, 5) is 24.5. The van der Waals surface area contributed by atoms with Gasteiger partial charge in [0.15, 0.2) is 12.3 Å². The molecule has 0 spiro atoms. The van der Waals surface area contributed by atoms with Crippen molar-refractivity contribution in [2.75, 3.05) is 18.9 Å². The van der Waals surface area contributed by atoms with Crippen molar-refractivity contribution in [3.63, 3.8) is 0 Å². The number of hydrogen-bond donors (Lipinski definition) is 2. The molecular weight excluding hydrogens is 347 g/mol. The number of nitrogens with one attached hydrogen (secondary N) is 2. The van der Waals surface area contributed by atoms with Gasteiger partial charge in [-0.15, -0.1) is 0 Å². The van der Waals surface area contributed by atoms with E-state index in [1.54, 1.807) is 36.4 Å². The molecule has 126 valence electrons. The molecule has 6 heteroatoms. The Morgan fingerprint density at radius 1 is 1.12 bits per heavy atom. The number of likely N-dealkylation sites (N-methyl/N-ethyl adjacent to an activating group) is 1. The van der Waals surface area contributed by atoms with Crippen LogP contribution in [0.4, 0.5) is 5.69 Å². The molecule has 2 N–H and O–H groups in total. The molecule has 4 nitrogen and oxygen atoms in total. The summed E-state index contributed by atoms with van der Waals surface area (Å²) in [5.41, 5.74) is 2.12. The summed E-state index contributed by atoms with van der Waals surface area (Å²) < 4.78 is 0. The Labute approximate surface area is 151 Å². The van der Waals surface area contributed by atoms with Gasteiger partial charge in [-0.3, -0.25) is 9.59 Å². The Balaban J connectivity index is 1.94. The van der Waals surface area contributed by atoms with Crippen molar-refractivity contribution in [2.45, 2.75) is 13.5 Å². The Morgan fingerprint density at radius 3 is 2.54 bits per heavy atom. The summed E-state index contributed by atoms with van der Waals surface area (Å²) in [5, 5.41) is 3.99.